The molecule has 1 aromatic carbocycles. The van der Waals surface area contributed by atoms with Gasteiger partial charge in [-0.05, 0) is 38.1 Å². The molecule has 2 aromatic heterocycles. The molecule has 0 spiro atoms. The molecular formula is C19H20N2O3. The fraction of sp³-hybridized carbons (Fsp3) is 0.263. The van der Waals surface area contributed by atoms with Crippen LogP contribution in [0.1, 0.15) is 28.7 Å². The topological polar surface area (TPSA) is 64.4 Å². The lowest BCUT2D eigenvalue weighted by atomic mass is 10.1. The highest BCUT2D eigenvalue weighted by Gasteiger charge is 2.19. The molecule has 0 saturated heterocycles. The zero-order valence-corrected chi connectivity index (χ0v) is 14.0. The third kappa shape index (κ3) is 3.25. The molecule has 2 heterocycles. The molecule has 0 saturated carbocycles. The standard InChI is InChI=1S/C19H20N2O3/c1-12(10-14-6-4-5-9-20-14)21-19(22)18-13(2)16-8-7-15(23-3)11-17(16)24-18/h4-9,11-12H,10H2,1-3H3,(H,21,22)/t12-/m1/s1. The van der Waals surface area contributed by atoms with Gasteiger partial charge >= 0.3 is 0 Å². The zero-order chi connectivity index (χ0) is 17.1. The summed E-state index contributed by atoms with van der Waals surface area (Å²) < 4.78 is 10.9. The van der Waals surface area contributed by atoms with Gasteiger partial charge in [0.1, 0.15) is 11.3 Å². The van der Waals surface area contributed by atoms with Crippen molar-refractivity contribution in [2.45, 2.75) is 26.3 Å². The number of fused-ring (bicyclic) bond motifs is 1. The van der Waals surface area contributed by atoms with Gasteiger partial charge in [0.2, 0.25) is 0 Å². The van der Waals surface area contributed by atoms with E-state index in [0.29, 0.717) is 23.5 Å². The molecular weight excluding hydrogens is 304 g/mol. The minimum absolute atomic E-state index is 0.0467. The molecule has 1 atom stereocenters. The molecule has 1 N–H and O–H groups in total. The highest BCUT2D eigenvalue weighted by atomic mass is 16.5. The van der Waals surface area contributed by atoms with Crippen molar-refractivity contribution in [3.63, 3.8) is 0 Å². The Hall–Kier alpha value is -2.82. The second-order valence-corrected chi connectivity index (χ2v) is 5.82. The summed E-state index contributed by atoms with van der Waals surface area (Å²) in [5.74, 6) is 0.823. The van der Waals surface area contributed by atoms with Gasteiger partial charge in [0.05, 0.1) is 7.11 Å². The zero-order valence-electron chi connectivity index (χ0n) is 14.0. The third-order valence-electron chi connectivity index (χ3n) is 3.97. The number of ether oxygens (including phenoxy) is 1. The van der Waals surface area contributed by atoms with Gasteiger partial charge in [-0.1, -0.05) is 6.07 Å². The smallest absolute Gasteiger partial charge is 0.287 e. The van der Waals surface area contributed by atoms with Crippen molar-refractivity contribution in [2.75, 3.05) is 7.11 Å². The van der Waals surface area contributed by atoms with E-state index < -0.39 is 0 Å². The second-order valence-electron chi connectivity index (χ2n) is 5.82. The number of aromatic nitrogens is 1. The van der Waals surface area contributed by atoms with Crippen LogP contribution in [0.2, 0.25) is 0 Å². The Balaban J connectivity index is 1.77. The summed E-state index contributed by atoms with van der Waals surface area (Å²) in [4.78, 5) is 16.8. The fourth-order valence-electron chi connectivity index (χ4n) is 2.72. The highest BCUT2D eigenvalue weighted by molar-refractivity contribution is 5.99. The number of carbonyl (C=O) groups is 1. The fourth-order valence-corrected chi connectivity index (χ4v) is 2.72. The Morgan fingerprint density at radius 3 is 2.88 bits per heavy atom. The van der Waals surface area contributed by atoms with E-state index in [1.54, 1.807) is 19.4 Å². The molecule has 3 aromatic rings. The number of pyridine rings is 1. The minimum Gasteiger partial charge on any atom is -0.497 e. The maximum atomic E-state index is 12.5. The van der Waals surface area contributed by atoms with Crippen molar-refractivity contribution >= 4 is 16.9 Å². The lowest BCUT2D eigenvalue weighted by Crippen LogP contribution is -2.34. The Bertz CT molecular complexity index is 856. The summed E-state index contributed by atoms with van der Waals surface area (Å²) in [6.07, 6.45) is 2.42. The van der Waals surface area contributed by atoms with E-state index in [2.05, 4.69) is 10.3 Å². The number of rotatable bonds is 5. The third-order valence-corrected chi connectivity index (χ3v) is 3.97. The lowest BCUT2D eigenvalue weighted by molar-refractivity contribution is 0.0913. The maximum Gasteiger partial charge on any atom is 0.287 e. The first-order chi connectivity index (χ1) is 11.6. The monoisotopic (exact) mass is 324 g/mol. The quantitative estimate of drug-likeness (QED) is 0.780. The van der Waals surface area contributed by atoms with E-state index in [4.69, 9.17) is 9.15 Å². The van der Waals surface area contributed by atoms with Gasteiger partial charge in [-0.2, -0.15) is 0 Å². The second kappa shape index (κ2) is 6.74. The van der Waals surface area contributed by atoms with Crippen LogP contribution in [0.3, 0.4) is 0 Å². The Kier molecular flexibility index (Phi) is 4.51. The van der Waals surface area contributed by atoms with Crippen molar-refractivity contribution in [1.82, 2.24) is 10.3 Å². The van der Waals surface area contributed by atoms with Crippen molar-refractivity contribution in [1.29, 1.82) is 0 Å². The van der Waals surface area contributed by atoms with Crippen LogP contribution in [0.25, 0.3) is 11.0 Å². The predicted molar refractivity (Wildman–Crippen MR) is 92.4 cm³/mol. The summed E-state index contributed by atoms with van der Waals surface area (Å²) >= 11 is 0. The van der Waals surface area contributed by atoms with Crippen LogP contribution in [0.15, 0.2) is 47.0 Å². The van der Waals surface area contributed by atoms with Crippen LogP contribution in [0.5, 0.6) is 5.75 Å². The van der Waals surface area contributed by atoms with Crippen LogP contribution in [-0.2, 0) is 6.42 Å². The Morgan fingerprint density at radius 1 is 1.33 bits per heavy atom. The van der Waals surface area contributed by atoms with E-state index in [1.807, 2.05) is 44.2 Å². The van der Waals surface area contributed by atoms with Gasteiger partial charge in [-0.15, -0.1) is 0 Å². The Labute approximate surface area is 140 Å². The van der Waals surface area contributed by atoms with Gasteiger partial charge in [0, 0.05) is 41.4 Å². The molecule has 0 aliphatic carbocycles. The summed E-state index contributed by atoms with van der Waals surface area (Å²) in [6.45, 7) is 3.84. The van der Waals surface area contributed by atoms with E-state index in [1.165, 1.54) is 0 Å². The van der Waals surface area contributed by atoms with Crippen LogP contribution in [0.4, 0.5) is 0 Å². The van der Waals surface area contributed by atoms with Crippen LogP contribution < -0.4 is 10.1 Å². The van der Waals surface area contributed by atoms with Crippen molar-refractivity contribution in [2.24, 2.45) is 0 Å². The van der Waals surface area contributed by atoms with Gasteiger partial charge in [0.25, 0.3) is 5.91 Å². The molecule has 0 bridgehead atoms. The van der Waals surface area contributed by atoms with E-state index in [0.717, 1.165) is 16.6 Å². The summed E-state index contributed by atoms with van der Waals surface area (Å²) in [6, 6.07) is 11.3. The minimum atomic E-state index is -0.217. The first-order valence-electron chi connectivity index (χ1n) is 7.86. The molecule has 0 radical (unpaired) electrons. The predicted octanol–water partition coefficient (Wildman–Crippen LogP) is 3.51. The van der Waals surface area contributed by atoms with Gasteiger partial charge in [-0.25, -0.2) is 0 Å². The first-order valence-corrected chi connectivity index (χ1v) is 7.86. The summed E-state index contributed by atoms with van der Waals surface area (Å²) in [5, 5.41) is 3.89. The maximum absolute atomic E-state index is 12.5. The number of hydrogen-bond acceptors (Lipinski definition) is 4. The lowest BCUT2D eigenvalue weighted by Gasteiger charge is -2.12. The number of amides is 1. The number of benzene rings is 1. The number of nitrogens with one attached hydrogen (secondary N) is 1. The van der Waals surface area contributed by atoms with Crippen molar-refractivity contribution in [3.05, 3.63) is 59.6 Å². The van der Waals surface area contributed by atoms with Gasteiger partial charge in [-0.3, -0.25) is 9.78 Å². The Morgan fingerprint density at radius 2 is 2.17 bits per heavy atom. The molecule has 5 nitrogen and oxygen atoms in total. The molecule has 124 valence electrons. The van der Waals surface area contributed by atoms with Crippen molar-refractivity contribution in [3.8, 4) is 5.75 Å². The highest BCUT2D eigenvalue weighted by Crippen LogP contribution is 2.28. The van der Waals surface area contributed by atoms with E-state index >= 15 is 0 Å². The van der Waals surface area contributed by atoms with Crippen LogP contribution in [-0.4, -0.2) is 24.0 Å². The van der Waals surface area contributed by atoms with Crippen LogP contribution in [0, 0.1) is 6.92 Å². The molecule has 3 rings (SSSR count). The number of hydrogen-bond donors (Lipinski definition) is 1. The molecule has 0 unspecified atom stereocenters. The number of aryl methyl sites for hydroxylation is 1. The number of furan rings is 1. The first kappa shape index (κ1) is 16.1. The SMILES string of the molecule is COc1ccc2c(C)c(C(=O)N[C@H](C)Cc3ccccn3)oc2c1. The molecule has 0 fully saturated rings. The molecule has 1 amide bonds. The number of carbonyl (C=O) groups excluding carboxylic acids is 1. The van der Waals surface area contributed by atoms with E-state index in [-0.39, 0.29) is 11.9 Å². The summed E-state index contributed by atoms with van der Waals surface area (Å²) in [7, 11) is 1.60. The van der Waals surface area contributed by atoms with Gasteiger partial charge < -0.3 is 14.5 Å². The van der Waals surface area contributed by atoms with E-state index in [9.17, 15) is 4.79 Å². The number of methoxy groups -OCH3 is 1. The summed E-state index contributed by atoms with van der Waals surface area (Å²) in [5.41, 5.74) is 2.42. The normalized spacial score (nSPS) is 12.1. The molecule has 24 heavy (non-hydrogen) atoms. The molecule has 0 aliphatic heterocycles. The van der Waals surface area contributed by atoms with Crippen LogP contribution >= 0.6 is 0 Å². The largest absolute Gasteiger partial charge is 0.497 e. The molecule has 5 heteroatoms. The number of nitrogens with zero attached hydrogens (tertiary/aromatic N) is 1. The van der Waals surface area contributed by atoms with Crippen molar-refractivity contribution < 1.29 is 13.9 Å². The van der Waals surface area contributed by atoms with Gasteiger partial charge in [0.15, 0.2) is 5.76 Å². The molecule has 0 aliphatic rings. The average Bonchev–Trinajstić information content (AvgIpc) is 2.92. The average molecular weight is 324 g/mol.